The number of nitrogens with one attached hydrogen (secondary N) is 2. The molecule has 2 atom stereocenters. The van der Waals surface area contributed by atoms with Crippen molar-refractivity contribution in [2.75, 3.05) is 29.2 Å². The third-order valence-corrected chi connectivity index (χ3v) is 6.75. The number of fused-ring (bicyclic) bond motifs is 1. The highest BCUT2D eigenvalue weighted by atomic mass is 16.6. The molecule has 0 saturated carbocycles. The maximum absolute atomic E-state index is 12.4. The summed E-state index contributed by atoms with van der Waals surface area (Å²) in [7, 11) is 0. The number of nitrogens with zero attached hydrogens (tertiary/aromatic N) is 2. The number of aromatic nitrogens is 2. The van der Waals surface area contributed by atoms with E-state index >= 15 is 0 Å². The molecule has 0 saturated heterocycles. The fourth-order valence-electron chi connectivity index (χ4n) is 4.48. The molecule has 0 aromatic carbocycles. The van der Waals surface area contributed by atoms with Gasteiger partial charge < -0.3 is 25.8 Å². The highest BCUT2D eigenvalue weighted by Gasteiger charge is 2.33. The van der Waals surface area contributed by atoms with Crippen molar-refractivity contribution in [1.29, 1.82) is 0 Å². The number of carbonyl (C=O) groups excluding carboxylic acids is 1. The van der Waals surface area contributed by atoms with Crippen LogP contribution in [0.4, 0.5) is 17.5 Å². The van der Waals surface area contributed by atoms with Crippen molar-refractivity contribution in [2.24, 2.45) is 0 Å². The number of ether oxygens (including phenoxy) is 1. The Balaban J connectivity index is 1.56. The number of anilines is 3. The highest BCUT2D eigenvalue weighted by molar-refractivity contribution is 5.72. The lowest BCUT2D eigenvalue weighted by molar-refractivity contribution is -0.152. The molecule has 5 N–H and O–H groups in total. The molecule has 2 heterocycles. The zero-order chi connectivity index (χ0) is 26.2. The maximum Gasteiger partial charge on any atom is 0.306 e. The second kappa shape index (κ2) is 17.0. The SMILES string of the molecule is CCCCCCCCC=CCCCCCCCC(=O)OC(CO)C(C)N1CNc2c1nc(N)[nH]c2=O. The summed E-state index contributed by atoms with van der Waals surface area (Å²) in [6.45, 7) is 4.08. The fourth-order valence-corrected chi connectivity index (χ4v) is 4.48. The molecule has 1 aromatic heterocycles. The van der Waals surface area contributed by atoms with Gasteiger partial charge in [0.2, 0.25) is 5.95 Å². The molecule has 0 spiro atoms. The van der Waals surface area contributed by atoms with Crippen LogP contribution in [0, 0.1) is 0 Å². The third-order valence-electron chi connectivity index (χ3n) is 6.75. The van der Waals surface area contributed by atoms with E-state index in [2.05, 4.69) is 34.4 Å². The van der Waals surface area contributed by atoms with Crippen molar-refractivity contribution in [2.45, 2.75) is 116 Å². The van der Waals surface area contributed by atoms with Crippen molar-refractivity contribution < 1.29 is 14.6 Å². The van der Waals surface area contributed by atoms with E-state index in [0.29, 0.717) is 24.6 Å². The number of H-pyrrole nitrogens is 1. The molecule has 0 bridgehead atoms. The Labute approximate surface area is 215 Å². The average molecular weight is 506 g/mol. The molecule has 1 aromatic rings. The number of unbranched alkanes of at least 4 members (excludes halogenated alkanes) is 11. The van der Waals surface area contributed by atoms with Crippen molar-refractivity contribution in [1.82, 2.24) is 9.97 Å². The lowest BCUT2D eigenvalue weighted by atomic mass is 10.1. The van der Waals surface area contributed by atoms with Crippen LogP contribution in [0.5, 0.6) is 0 Å². The van der Waals surface area contributed by atoms with Crippen LogP contribution < -0.4 is 21.5 Å². The van der Waals surface area contributed by atoms with Gasteiger partial charge in [0.25, 0.3) is 5.56 Å². The molecule has 9 heteroatoms. The molecular weight excluding hydrogens is 458 g/mol. The molecule has 0 radical (unpaired) electrons. The summed E-state index contributed by atoms with van der Waals surface area (Å²) < 4.78 is 5.56. The van der Waals surface area contributed by atoms with Crippen LogP contribution in [0.1, 0.15) is 104 Å². The number of rotatable bonds is 19. The summed E-state index contributed by atoms with van der Waals surface area (Å²) in [5.41, 5.74) is 5.65. The molecule has 9 nitrogen and oxygen atoms in total. The van der Waals surface area contributed by atoms with Crippen LogP contribution in [0.3, 0.4) is 0 Å². The number of hydrogen-bond donors (Lipinski definition) is 4. The van der Waals surface area contributed by atoms with E-state index in [4.69, 9.17) is 10.5 Å². The van der Waals surface area contributed by atoms with Gasteiger partial charge in [0.15, 0.2) is 5.82 Å². The monoisotopic (exact) mass is 505 g/mol. The first-order chi connectivity index (χ1) is 17.5. The number of aromatic amines is 1. The van der Waals surface area contributed by atoms with Crippen LogP contribution in [0.2, 0.25) is 0 Å². The van der Waals surface area contributed by atoms with Crippen LogP contribution in [0.25, 0.3) is 0 Å². The van der Waals surface area contributed by atoms with Gasteiger partial charge in [0.05, 0.1) is 19.3 Å². The van der Waals surface area contributed by atoms with Gasteiger partial charge in [-0.15, -0.1) is 0 Å². The van der Waals surface area contributed by atoms with Gasteiger partial charge in [0.1, 0.15) is 11.8 Å². The molecule has 0 fully saturated rings. The Kier molecular flexibility index (Phi) is 14.0. The Hall–Kier alpha value is -2.55. The number of carbonyl (C=O) groups is 1. The van der Waals surface area contributed by atoms with Crippen molar-refractivity contribution >= 4 is 23.4 Å². The van der Waals surface area contributed by atoms with Gasteiger partial charge in [-0.1, -0.05) is 70.4 Å². The van der Waals surface area contributed by atoms with Gasteiger partial charge in [-0.2, -0.15) is 4.98 Å². The molecular formula is C27H47N5O4. The van der Waals surface area contributed by atoms with Crippen molar-refractivity contribution in [3.63, 3.8) is 0 Å². The Morgan fingerprint density at radius 1 is 1.08 bits per heavy atom. The molecule has 1 aliphatic rings. The maximum atomic E-state index is 12.4. The number of aliphatic hydroxyl groups is 1. The van der Waals surface area contributed by atoms with E-state index < -0.39 is 6.10 Å². The van der Waals surface area contributed by atoms with Crippen LogP contribution in [-0.2, 0) is 9.53 Å². The summed E-state index contributed by atoms with van der Waals surface area (Å²) >= 11 is 0. The lowest BCUT2D eigenvalue weighted by Gasteiger charge is -2.30. The minimum atomic E-state index is -0.726. The van der Waals surface area contributed by atoms with Crippen LogP contribution >= 0.6 is 0 Å². The van der Waals surface area contributed by atoms with Gasteiger partial charge in [-0.05, 0) is 39.0 Å². The summed E-state index contributed by atoms with van der Waals surface area (Å²) in [5.74, 6) is 0.0983. The predicted octanol–water partition coefficient (Wildman–Crippen LogP) is 4.87. The van der Waals surface area contributed by atoms with E-state index in [1.165, 1.54) is 57.8 Å². The molecule has 0 amide bonds. The quantitative estimate of drug-likeness (QED) is 0.119. The first-order valence-electron chi connectivity index (χ1n) is 13.8. The van der Waals surface area contributed by atoms with Crippen LogP contribution in [0.15, 0.2) is 16.9 Å². The topological polar surface area (TPSA) is 134 Å². The van der Waals surface area contributed by atoms with Gasteiger partial charge >= 0.3 is 5.97 Å². The highest BCUT2D eigenvalue weighted by Crippen LogP contribution is 2.29. The lowest BCUT2D eigenvalue weighted by Crippen LogP contribution is -2.45. The van der Waals surface area contributed by atoms with Crippen molar-refractivity contribution in [3.8, 4) is 0 Å². The molecule has 2 rings (SSSR count). The average Bonchev–Trinajstić information content (AvgIpc) is 3.28. The fraction of sp³-hybridized carbons (Fsp3) is 0.741. The Morgan fingerprint density at radius 3 is 2.33 bits per heavy atom. The normalized spacial score (nSPS) is 14.6. The second-order valence-corrected chi connectivity index (χ2v) is 9.74. The Bertz CT molecular complexity index is 857. The summed E-state index contributed by atoms with van der Waals surface area (Å²) in [4.78, 5) is 32.8. The predicted molar refractivity (Wildman–Crippen MR) is 146 cm³/mol. The van der Waals surface area contributed by atoms with E-state index in [9.17, 15) is 14.7 Å². The number of hydrogen-bond acceptors (Lipinski definition) is 8. The molecule has 204 valence electrons. The van der Waals surface area contributed by atoms with E-state index in [0.717, 1.165) is 25.7 Å². The van der Waals surface area contributed by atoms with Crippen molar-refractivity contribution in [3.05, 3.63) is 22.5 Å². The zero-order valence-corrected chi connectivity index (χ0v) is 22.3. The first kappa shape index (κ1) is 29.7. The number of aliphatic hydroxyl groups excluding tert-OH is 1. The largest absolute Gasteiger partial charge is 0.458 e. The van der Waals surface area contributed by atoms with Gasteiger partial charge in [-0.3, -0.25) is 14.6 Å². The molecule has 0 aliphatic carbocycles. The molecule has 1 aliphatic heterocycles. The van der Waals surface area contributed by atoms with Gasteiger partial charge in [-0.25, -0.2) is 0 Å². The molecule has 36 heavy (non-hydrogen) atoms. The van der Waals surface area contributed by atoms with E-state index in [1.807, 2.05) is 6.92 Å². The summed E-state index contributed by atoms with van der Waals surface area (Å²) in [6, 6.07) is -0.379. The van der Waals surface area contributed by atoms with Gasteiger partial charge in [0, 0.05) is 6.42 Å². The molecule has 2 unspecified atom stereocenters. The number of nitrogens with two attached hydrogens (primary N) is 1. The minimum Gasteiger partial charge on any atom is -0.458 e. The first-order valence-corrected chi connectivity index (χ1v) is 13.8. The second-order valence-electron chi connectivity index (χ2n) is 9.74. The minimum absolute atomic E-state index is 0.0152. The zero-order valence-electron chi connectivity index (χ0n) is 22.3. The number of esters is 1. The third kappa shape index (κ3) is 10.2. The summed E-state index contributed by atoms with van der Waals surface area (Å²) in [6.07, 6.45) is 19.9. The number of nitrogen functional groups attached to an aromatic ring is 1. The smallest absolute Gasteiger partial charge is 0.306 e. The Morgan fingerprint density at radius 2 is 1.69 bits per heavy atom. The standard InChI is InChI=1S/C27H47N5O4/c1-3-4-5-6-7-8-9-10-11-12-13-14-15-16-17-18-23(34)36-22(19-33)21(2)32-20-29-24-25(32)30-27(28)31-26(24)35/h10-11,21-22,29,33H,3-9,12-20H2,1-2H3,(H3,28,30,31,35). The van der Waals surface area contributed by atoms with Crippen LogP contribution in [-0.4, -0.2) is 46.5 Å². The number of allylic oxidation sites excluding steroid dienone is 2. The van der Waals surface area contributed by atoms with E-state index in [1.54, 1.807) is 4.90 Å². The van der Waals surface area contributed by atoms with E-state index in [-0.39, 0.29) is 30.1 Å². The summed E-state index contributed by atoms with van der Waals surface area (Å²) in [5, 5.41) is 12.8.